The Labute approximate surface area is 160 Å². The highest BCUT2D eigenvalue weighted by molar-refractivity contribution is 9.10. The quantitative estimate of drug-likeness (QED) is 0.448. The zero-order valence-electron chi connectivity index (χ0n) is 13.7. The molecule has 0 radical (unpaired) electrons. The predicted molar refractivity (Wildman–Crippen MR) is 101 cm³/mol. The van der Waals surface area contributed by atoms with Crippen LogP contribution < -0.4 is 10.9 Å². The molecule has 3 aromatic heterocycles. The van der Waals surface area contributed by atoms with Crippen molar-refractivity contribution in [2.75, 3.05) is 5.32 Å². The van der Waals surface area contributed by atoms with Gasteiger partial charge in [-0.3, -0.25) is 9.78 Å². The number of tetrazole rings is 1. The predicted octanol–water partition coefficient (Wildman–Crippen LogP) is 2.28. The number of aromatic nitrogens is 7. The first-order valence-corrected chi connectivity index (χ1v) is 8.85. The van der Waals surface area contributed by atoms with Crippen LogP contribution in [0.4, 0.5) is 11.6 Å². The van der Waals surface area contributed by atoms with E-state index in [1.807, 2.05) is 36.4 Å². The van der Waals surface area contributed by atoms with Gasteiger partial charge in [0.05, 0.1) is 5.69 Å². The summed E-state index contributed by atoms with van der Waals surface area (Å²) in [5.74, 6) is 0.384. The zero-order chi connectivity index (χ0) is 18.4. The molecule has 0 saturated heterocycles. The number of nitrogens with one attached hydrogen (secondary N) is 2. The number of benzene rings is 1. The molecule has 0 saturated carbocycles. The van der Waals surface area contributed by atoms with Crippen LogP contribution in [0, 0.1) is 0 Å². The van der Waals surface area contributed by atoms with Crippen molar-refractivity contribution in [1.82, 2.24) is 35.4 Å². The first kappa shape index (κ1) is 15.8. The molecule has 4 heterocycles. The number of rotatable bonds is 2. The van der Waals surface area contributed by atoms with Gasteiger partial charge < -0.3 is 5.32 Å². The summed E-state index contributed by atoms with van der Waals surface area (Å²) in [4.78, 5) is 16.7. The smallest absolute Gasteiger partial charge is 0.288 e. The number of nitrogens with zero attached hydrogens (tertiary/aromatic N) is 6. The van der Waals surface area contributed by atoms with Crippen molar-refractivity contribution in [3.8, 4) is 11.3 Å². The summed E-state index contributed by atoms with van der Waals surface area (Å²) in [6.07, 6.45) is 3.43. The highest BCUT2D eigenvalue weighted by Crippen LogP contribution is 2.40. The van der Waals surface area contributed by atoms with Gasteiger partial charge in [0.1, 0.15) is 11.7 Å². The molecule has 9 nitrogen and oxygen atoms in total. The van der Waals surface area contributed by atoms with E-state index < -0.39 is 6.04 Å². The van der Waals surface area contributed by atoms with E-state index in [1.54, 1.807) is 17.1 Å². The van der Waals surface area contributed by atoms with Crippen LogP contribution >= 0.6 is 15.9 Å². The van der Waals surface area contributed by atoms with Gasteiger partial charge in [-0.1, -0.05) is 39.2 Å². The number of aromatic amines is 1. The van der Waals surface area contributed by atoms with E-state index in [4.69, 9.17) is 0 Å². The number of hydrogen-bond donors (Lipinski definition) is 2. The summed E-state index contributed by atoms with van der Waals surface area (Å²) >= 11 is 3.44. The van der Waals surface area contributed by atoms with Crippen LogP contribution in [0.5, 0.6) is 0 Å². The van der Waals surface area contributed by atoms with Crippen molar-refractivity contribution in [3.05, 3.63) is 74.7 Å². The Balaban J connectivity index is 1.82. The maximum atomic E-state index is 12.5. The summed E-state index contributed by atoms with van der Waals surface area (Å²) in [5, 5.41) is 21.8. The van der Waals surface area contributed by atoms with E-state index in [9.17, 15) is 4.79 Å². The fraction of sp³-hybridized carbons (Fsp3) is 0.0588. The van der Waals surface area contributed by atoms with E-state index in [-0.39, 0.29) is 5.56 Å². The molecule has 1 aliphatic heterocycles. The van der Waals surface area contributed by atoms with Crippen molar-refractivity contribution in [1.29, 1.82) is 0 Å². The van der Waals surface area contributed by atoms with Crippen molar-refractivity contribution < 1.29 is 0 Å². The average molecular weight is 423 g/mol. The lowest BCUT2D eigenvalue weighted by Gasteiger charge is -2.27. The number of halogens is 1. The van der Waals surface area contributed by atoms with Gasteiger partial charge in [-0.15, -0.1) is 0 Å². The second-order valence-electron chi connectivity index (χ2n) is 5.96. The molecule has 5 rings (SSSR count). The Morgan fingerprint density at radius 1 is 1.15 bits per heavy atom. The molecule has 1 atom stereocenters. The normalized spacial score (nSPS) is 14.9. The molecule has 132 valence electrons. The van der Waals surface area contributed by atoms with Crippen molar-refractivity contribution in [3.63, 3.8) is 0 Å². The minimum Gasteiger partial charge on any atom is -0.318 e. The Kier molecular flexibility index (Phi) is 3.57. The van der Waals surface area contributed by atoms with Gasteiger partial charge in [0.2, 0.25) is 5.95 Å². The number of anilines is 2. The summed E-state index contributed by atoms with van der Waals surface area (Å²) in [6.45, 7) is 0. The summed E-state index contributed by atoms with van der Waals surface area (Å²) in [5.41, 5.74) is 3.07. The highest BCUT2D eigenvalue weighted by Gasteiger charge is 2.34. The molecule has 0 fully saturated rings. The second kappa shape index (κ2) is 6.09. The molecular weight excluding hydrogens is 412 g/mol. The summed E-state index contributed by atoms with van der Waals surface area (Å²) in [7, 11) is 0. The van der Waals surface area contributed by atoms with Gasteiger partial charge in [-0.25, -0.2) is 5.10 Å². The van der Waals surface area contributed by atoms with E-state index in [0.717, 1.165) is 15.6 Å². The van der Waals surface area contributed by atoms with Gasteiger partial charge in [0, 0.05) is 28.0 Å². The first-order valence-electron chi connectivity index (χ1n) is 8.05. The van der Waals surface area contributed by atoms with Crippen LogP contribution in [0.3, 0.4) is 0 Å². The van der Waals surface area contributed by atoms with Crippen LogP contribution in [0.25, 0.3) is 11.3 Å². The number of H-pyrrole nitrogens is 1. The maximum absolute atomic E-state index is 12.5. The monoisotopic (exact) mass is 422 g/mol. The lowest BCUT2D eigenvalue weighted by molar-refractivity contribution is 0.566. The molecular formula is C17H11BrN8O. The second-order valence-corrected chi connectivity index (χ2v) is 6.87. The third-order valence-corrected chi connectivity index (χ3v) is 4.91. The molecule has 0 amide bonds. The molecule has 4 aromatic rings. The molecule has 1 aliphatic rings. The van der Waals surface area contributed by atoms with E-state index in [0.29, 0.717) is 22.9 Å². The van der Waals surface area contributed by atoms with E-state index in [2.05, 4.69) is 52.0 Å². The van der Waals surface area contributed by atoms with Crippen molar-refractivity contribution in [2.24, 2.45) is 0 Å². The summed E-state index contributed by atoms with van der Waals surface area (Å²) in [6, 6.07) is 11.0. The maximum Gasteiger partial charge on any atom is 0.288 e. The minimum atomic E-state index is -0.437. The molecule has 1 aromatic carbocycles. The Morgan fingerprint density at radius 3 is 2.78 bits per heavy atom. The lowest BCUT2D eigenvalue weighted by atomic mass is 9.93. The van der Waals surface area contributed by atoms with Gasteiger partial charge in [0.25, 0.3) is 5.56 Å². The van der Waals surface area contributed by atoms with Crippen LogP contribution in [0.1, 0.15) is 17.2 Å². The van der Waals surface area contributed by atoms with Gasteiger partial charge in [-0.05, 0) is 34.2 Å². The average Bonchev–Trinajstić information content (AvgIpc) is 3.17. The molecule has 0 aliphatic carbocycles. The molecule has 10 heteroatoms. The Bertz CT molecular complexity index is 1190. The number of hydrogen-bond acceptors (Lipinski definition) is 7. The largest absolute Gasteiger partial charge is 0.318 e. The molecule has 27 heavy (non-hydrogen) atoms. The first-order chi connectivity index (χ1) is 13.2. The number of pyridine rings is 1. The zero-order valence-corrected chi connectivity index (χ0v) is 15.3. The van der Waals surface area contributed by atoms with Gasteiger partial charge in [0.15, 0.2) is 0 Å². The third-order valence-electron chi connectivity index (χ3n) is 4.39. The fourth-order valence-electron chi connectivity index (χ4n) is 3.21. The van der Waals surface area contributed by atoms with Gasteiger partial charge in [-0.2, -0.15) is 9.78 Å². The lowest BCUT2D eigenvalue weighted by Crippen LogP contribution is -2.29. The molecule has 0 unspecified atom stereocenters. The van der Waals surface area contributed by atoms with Crippen LogP contribution in [-0.4, -0.2) is 35.4 Å². The van der Waals surface area contributed by atoms with E-state index in [1.165, 1.54) is 0 Å². The Hall–Kier alpha value is -3.40. The standard InChI is InChI=1S/C17H11BrN8O/c18-11-5-3-9(4-6-11)13-12-14(16(27)22-21-13)20-17-23-24-25-26(17)15(12)10-2-1-7-19-8-10/h1-8,15H,(H,22,27)(H,20,23,25)/t15-/m0/s1. The molecule has 2 N–H and O–H groups in total. The summed E-state index contributed by atoms with van der Waals surface area (Å²) < 4.78 is 2.58. The van der Waals surface area contributed by atoms with E-state index >= 15 is 0 Å². The topological polar surface area (TPSA) is 114 Å². The SMILES string of the molecule is O=c1[nH]nc(-c2ccc(Br)cc2)c2c1Nc1nnnn1[C@H]2c1cccnc1. The fourth-order valence-corrected chi connectivity index (χ4v) is 3.48. The molecule has 0 bridgehead atoms. The van der Waals surface area contributed by atoms with Crippen LogP contribution in [0.15, 0.2) is 58.1 Å². The highest BCUT2D eigenvalue weighted by atomic mass is 79.9. The van der Waals surface area contributed by atoms with Crippen LogP contribution in [0.2, 0.25) is 0 Å². The number of fused-ring (bicyclic) bond motifs is 2. The molecule has 0 spiro atoms. The van der Waals surface area contributed by atoms with Crippen molar-refractivity contribution >= 4 is 27.6 Å². The minimum absolute atomic E-state index is 0.339. The van der Waals surface area contributed by atoms with Crippen LogP contribution in [-0.2, 0) is 0 Å². The van der Waals surface area contributed by atoms with Crippen molar-refractivity contribution in [2.45, 2.75) is 6.04 Å². The van der Waals surface area contributed by atoms with Gasteiger partial charge >= 0.3 is 0 Å². The Morgan fingerprint density at radius 2 is 2.00 bits per heavy atom. The third kappa shape index (κ3) is 2.53.